The largest absolute Gasteiger partial charge is 0.481 e. The SMILES string of the molecule is Cc1cc(CCC(=O)O)cc([C@H]2CCCN2C)n1. The first-order chi connectivity index (χ1) is 8.56. The maximum Gasteiger partial charge on any atom is 0.303 e. The van der Waals surface area contributed by atoms with Crippen molar-refractivity contribution >= 4 is 5.97 Å². The molecule has 1 aromatic rings. The molecule has 0 spiro atoms. The normalized spacial score (nSPS) is 20.2. The van der Waals surface area contributed by atoms with Crippen LogP contribution in [0.15, 0.2) is 12.1 Å². The Hall–Kier alpha value is -1.42. The number of carbonyl (C=O) groups is 1. The van der Waals surface area contributed by atoms with Crippen LogP contribution in [0.3, 0.4) is 0 Å². The second kappa shape index (κ2) is 5.48. The van der Waals surface area contributed by atoms with E-state index in [-0.39, 0.29) is 6.42 Å². The van der Waals surface area contributed by atoms with E-state index in [9.17, 15) is 4.79 Å². The molecule has 1 aliphatic heterocycles. The maximum absolute atomic E-state index is 10.6. The number of carboxylic acids is 1. The first kappa shape index (κ1) is 13.0. The Morgan fingerprint density at radius 2 is 2.33 bits per heavy atom. The minimum absolute atomic E-state index is 0.184. The first-order valence-electron chi connectivity index (χ1n) is 6.46. The number of nitrogens with zero attached hydrogens (tertiary/aromatic N) is 2. The molecule has 2 heterocycles. The van der Waals surface area contributed by atoms with E-state index < -0.39 is 5.97 Å². The molecule has 1 aromatic heterocycles. The van der Waals surface area contributed by atoms with Crippen molar-refractivity contribution in [2.45, 2.75) is 38.6 Å². The van der Waals surface area contributed by atoms with Crippen molar-refractivity contribution in [2.24, 2.45) is 0 Å². The molecule has 0 radical (unpaired) electrons. The van der Waals surface area contributed by atoms with Crippen LogP contribution in [-0.4, -0.2) is 34.6 Å². The van der Waals surface area contributed by atoms with Gasteiger partial charge in [-0.05, 0) is 57.5 Å². The molecule has 98 valence electrons. The second-order valence-corrected chi connectivity index (χ2v) is 5.07. The van der Waals surface area contributed by atoms with Crippen molar-refractivity contribution in [3.63, 3.8) is 0 Å². The maximum atomic E-state index is 10.6. The Morgan fingerprint density at radius 1 is 1.56 bits per heavy atom. The van der Waals surface area contributed by atoms with Crippen LogP contribution in [-0.2, 0) is 11.2 Å². The van der Waals surface area contributed by atoms with Crippen LogP contribution < -0.4 is 0 Å². The predicted octanol–water partition coefficient (Wildman–Crippen LogP) is 2.17. The fraction of sp³-hybridized carbons (Fsp3) is 0.571. The summed E-state index contributed by atoms with van der Waals surface area (Å²) < 4.78 is 0. The fourth-order valence-corrected chi connectivity index (χ4v) is 2.62. The van der Waals surface area contributed by atoms with Gasteiger partial charge >= 0.3 is 5.97 Å². The summed E-state index contributed by atoms with van der Waals surface area (Å²) in [7, 11) is 2.12. The van der Waals surface area contributed by atoms with E-state index in [1.165, 1.54) is 6.42 Å². The van der Waals surface area contributed by atoms with Crippen LogP contribution in [0.5, 0.6) is 0 Å². The summed E-state index contributed by atoms with van der Waals surface area (Å²) in [5.41, 5.74) is 3.16. The summed E-state index contributed by atoms with van der Waals surface area (Å²) in [5, 5.41) is 8.74. The molecule has 2 rings (SSSR count). The molecule has 1 saturated heterocycles. The molecule has 0 saturated carbocycles. The molecule has 0 unspecified atom stereocenters. The molecule has 1 fully saturated rings. The van der Waals surface area contributed by atoms with Gasteiger partial charge in [-0.25, -0.2) is 0 Å². The number of aryl methyl sites for hydroxylation is 2. The Kier molecular flexibility index (Phi) is 3.97. The van der Waals surface area contributed by atoms with Crippen LogP contribution in [0.4, 0.5) is 0 Å². The highest BCUT2D eigenvalue weighted by molar-refractivity contribution is 5.67. The Morgan fingerprint density at radius 3 is 2.94 bits per heavy atom. The molecule has 0 aromatic carbocycles. The van der Waals surface area contributed by atoms with Crippen LogP contribution in [0.25, 0.3) is 0 Å². The monoisotopic (exact) mass is 248 g/mol. The highest BCUT2D eigenvalue weighted by Crippen LogP contribution is 2.29. The number of pyridine rings is 1. The lowest BCUT2D eigenvalue weighted by molar-refractivity contribution is -0.136. The minimum atomic E-state index is -0.746. The molecule has 1 atom stereocenters. The lowest BCUT2D eigenvalue weighted by Gasteiger charge is -2.20. The predicted molar refractivity (Wildman–Crippen MR) is 69.5 cm³/mol. The lowest BCUT2D eigenvalue weighted by Crippen LogP contribution is -2.19. The first-order valence-corrected chi connectivity index (χ1v) is 6.46. The molecule has 4 nitrogen and oxygen atoms in total. The summed E-state index contributed by atoms with van der Waals surface area (Å²) in [4.78, 5) is 17.6. The van der Waals surface area contributed by atoms with Crippen LogP contribution in [0, 0.1) is 6.92 Å². The summed E-state index contributed by atoms with van der Waals surface area (Å²) in [6.45, 7) is 3.09. The third kappa shape index (κ3) is 3.07. The average molecular weight is 248 g/mol. The van der Waals surface area contributed by atoms with Crippen molar-refractivity contribution in [2.75, 3.05) is 13.6 Å². The van der Waals surface area contributed by atoms with Crippen molar-refractivity contribution in [3.05, 3.63) is 29.1 Å². The zero-order valence-corrected chi connectivity index (χ0v) is 11.0. The number of rotatable bonds is 4. The smallest absolute Gasteiger partial charge is 0.303 e. The van der Waals surface area contributed by atoms with Crippen LogP contribution in [0.1, 0.15) is 42.3 Å². The number of aromatic nitrogens is 1. The number of likely N-dealkylation sites (tertiary alicyclic amines) is 1. The molecular weight excluding hydrogens is 228 g/mol. The van der Waals surface area contributed by atoms with Gasteiger partial charge in [-0.15, -0.1) is 0 Å². The van der Waals surface area contributed by atoms with E-state index in [0.717, 1.165) is 29.9 Å². The Balaban J connectivity index is 2.18. The quantitative estimate of drug-likeness (QED) is 0.887. The van der Waals surface area contributed by atoms with Gasteiger partial charge in [-0.2, -0.15) is 0 Å². The van der Waals surface area contributed by atoms with Crippen molar-refractivity contribution in [1.82, 2.24) is 9.88 Å². The number of hydrogen-bond acceptors (Lipinski definition) is 3. The van der Waals surface area contributed by atoms with Gasteiger partial charge in [0.1, 0.15) is 0 Å². The van der Waals surface area contributed by atoms with Gasteiger partial charge in [-0.3, -0.25) is 14.7 Å². The molecule has 0 amide bonds. The zero-order chi connectivity index (χ0) is 13.1. The zero-order valence-electron chi connectivity index (χ0n) is 11.0. The van der Waals surface area contributed by atoms with Crippen molar-refractivity contribution < 1.29 is 9.90 Å². The molecule has 4 heteroatoms. The summed E-state index contributed by atoms with van der Waals surface area (Å²) in [6.07, 6.45) is 3.12. The summed E-state index contributed by atoms with van der Waals surface area (Å²) >= 11 is 0. The standard InChI is InChI=1S/C14H20N2O2/c1-10-8-11(5-6-14(17)18)9-12(15-10)13-4-3-7-16(13)2/h8-9,13H,3-7H2,1-2H3,(H,17,18)/t13-/m1/s1. The molecule has 0 aliphatic carbocycles. The van der Waals surface area contributed by atoms with E-state index in [1.807, 2.05) is 13.0 Å². The van der Waals surface area contributed by atoms with Gasteiger partial charge in [0, 0.05) is 12.1 Å². The highest BCUT2D eigenvalue weighted by Gasteiger charge is 2.24. The van der Waals surface area contributed by atoms with Gasteiger partial charge in [0.05, 0.1) is 11.7 Å². The lowest BCUT2D eigenvalue weighted by atomic mass is 10.0. The number of hydrogen-bond donors (Lipinski definition) is 1. The van der Waals surface area contributed by atoms with Crippen molar-refractivity contribution in [3.8, 4) is 0 Å². The van der Waals surface area contributed by atoms with Crippen molar-refractivity contribution in [1.29, 1.82) is 0 Å². The highest BCUT2D eigenvalue weighted by atomic mass is 16.4. The van der Waals surface area contributed by atoms with E-state index >= 15 is 0 Å². The van der Waals surface area contributed by atoms with Crippen LogP contribution >= 0.6 is 0 Å². The summed E-state index contributed by atoms with van der Waals surface area (Å²) in [6, 6.07) is 4.46. The molecule has 1 aliphatic rings. The Bertz CT molecular complexity index is 445. The van der Waals surface area contributed by atoms with Gasteiger partial charge in [0.15, 0.2) is 0 Å². The molecule has 18 heavy (non-hydrogen) atoms. The van der Waals surface area contributed by atoms with Gasteiger partial charge in [0.25, 0.3) is 0 Å². The third-order valence-electron chi connectivity index (χ3n) is 3.52. The molecule has 0 bridgehead atoms. The van der Waals surface area contributed by atoms with E-state index in [4.69, 9.17) is 5.11 Å². The van der Waals surface area contributed by atoms with E-state index in [1.54, 1.807) is 0 Å². The number of carboxylic acid groups (broad SMARTS) is 1. The van der Waals surface area contributed by atoms with E-state index in [2.05, 4.69) is 23.0 Å². The topological polar surface area (TPSA) is 53.4 Å². The van der Waals surface area contributed by atoms with Gasteiger partial charge in [0.2, 0.25) is 0 Å². The third-order valence-corrected chi connectivity index (χ3v) is 3.52. The Labute approximate surface area is 108 Å². The summed E-state index contributed by atoms with van der Waals surface area (Å²) in [5.74, 6) is -0.746. The second-order valence-electron chi connectivity index (χ2n) is 5.07. The average Bonchev–Trinajstić information content (AvgIpc) is 2.72. The van der Waals surface area contributed by atoms with Crippen LogP contribution in [0.2, 0.25) is 0 Å². The number of aliphatic carboxylic acids is 1. The van der Waals surface area contributed by atoms with Gasteiger partial charge in [-0.1, -0.05) is 0 Å². The molecular formula is C14H20N2O2. The minimum Gasteiger partial charge on any atom is -0.481 e. The molecule has 1 N–H and O–H groups in total. The van der Waals surface area contributed by atoms with Gasteiger partial charge < -0.3 is 5.11 Å². The van der Waals surface area contributed by atoms with E-state index in [0.29, 0.717) is 12.5 Å². The fourth-order valence-electron chi connectivity index (χ4n) is 2.62.